The fraction of sp³-hybridized carbons (Fsp3) is 0.308. The standard InChI is InChI=1S/C13H13NS/c15-8-11-9-4-1-2-6-12(9)14-13-7-3-5-10(11)13/h1-2,4,6,15H,3,5,7-8H2. The Hall–Kier alpha value is -1.02. The van der Waals surface area contributed by atoms with Crippen molar-refractivity contribution >= 4 is 23.5 Å². The first kappa shape index (κ1) is 9.22. The summed E-state index contributed by atoms with van der Waals surface area (Å²) in [4.78, 5) is 4.73. The van der Waals surface area contributed by atoms with Crippen molar-refractivity contribution in [2.24, 2.45) is 0 Å². The second-order valence-electron chi connectivity index (χ2n) is 4.04. The van der Waals surface area contributed by atoms with Crippen LogP contribution in [0.2, 0.25) is 0 Å². The SMILES string of the molecule is SCc1c2c(nc3ccccc13)CCC2. The predicted octanol–water partition coefficient (Wildman–Crippen LogP) is 3.15. The number of aryl methyl sites for hydroxylation is 1. The van der Waals surface area contributed by atoms with Crippen molar-refractivity contribution in [3.8, 4) is 0 Å². The van der Waals surface area contributed by atoms with Crippen LogP contribution in [0.25, 0.3) is 10.9 Å². The van der Waals surface area contributed by atoms with Gasteiger partial charge in [0.2, 0.25) is 0 Å². The molecule has 1 aromatic heterocycles. The Labute approximate surface area is 94.9 Å². The van der Waals surface area contributed by atoms with Gasteiger partial charge in [-0.3, -0.25) is 4.98 Å². The molecule has 1 heterocycles. The first-order chi connectivity index (χ1) is 7.40. The van der Waals surface area contributed by atoms with Crippen molar-refractivity contribution in [3.63, 3.8) is 0 Å². The van der Waals surface area contributed by atoms with Crippen molar-refractivity contribution in [2.75, 3.05) is 0 Å². The van der Waals surface area contributed by atoms with E-state index in [0.717, 1.165) is 17.7 Å². The molecule has 0 radical (unpaired) electrons. The molecule has 3 rings (SSSR count). The minimum absolute atomic E-state index is 0.825. The maximum atomic E-state index is 4.73. The van der Waals surface area contributed by atoms with Gasteiger partial charge < -0.3 is 0 Å². The number of aromatic nitrogens is 1. The second kappa shape index (κ2) is 3.53. The highest BCUT2D eigenvalue weighted by atomic mass is 32.1. The average Bonchev–Trinajstić information content (AvgIpc) is 2.73. The molecule has 0 unspecified atom stereocenters. The summed E-state index contributed by atoms with van der Waals surface area (Å²) >= 11 is 4.46. The summed E-state index contributed by atoms with van der Waals surface area (Å²) < 4.78 is 0. The molecule has 0 saturated carbocycles. The summed E-state index contributed by atoms with van der Waals surface area (Å²) in [5.74, 6) is 0.825. The highest BCUT2D eigenvalue weighted by Gasteiger charge is 2.17. The van der Waals surface area contributed by atoms with Crippen LogP contribution in [0.1, 0.15) is 23.2 Å². The van der Waals surface area contributed by atoms with Gasteiger partial charge in [-0.25, -0.2) is 0 Å². The van der Waals surface area contributed by atoms with E-state index in [0.29, 0.717) is 0 Å². The van der Waals surface area contributed by atoms with Crippen molar-refractivity contribution in [1.82, 2.24) is 4.98 Å². The Balaban J connectivity index is 2.41. The molecule has 0 N–H and O–H groups in total. The van der Waals surface area contributed by atoms with Gasteiger partial charge in [0.05, 0.1) is 5.52 Å². The number of hydrogen-bond donors (Lipinski definition) is 1. The van der Waals surface area contributed by atoms with Gasteiger partial charge in [-0.1, -0.05) is 18.2 Å². The van der Waals surface area contributed by atoms with E-state index in [1.165, 1.54) is 35.0 Å². The third-order valence-electron chi connectivity index (χ3n) is 3.20. The Morgan fingerprint density at radius 1 is 1.20 bits per heavy atom. The van der Waals surface area contributed by atoms with E-state index in [9.17, 15) is 0 Å². The molecule has 0 aliphatic heterocycles. The molecule has 2 aromatic rings. The maximum Gasteiger partial charge on any atom is 0.0708 e. The van der Waals surface area contributed by atoms with E-state index in [1.54, 1.807) is 0 Å². The smallest absolute Gasteiger partial charge is 0.0708 e. The molecule has 1 aromatic carbocycles. The minimum atomic E-state index is 0.825. The van der Waals surface area contributed by atoms with Gasteiger partial charge in [-0.15, -0.1) is 0 Å². The molecule has 1 aliphatic rings. The number of hydrogen-bond acceptors (Lipinski definition) is 2. The van der Waals surface area contributed by atoms with Gasteiger partial charge in [-0.05, 0) is 36.5 Å². The van der Waals surface area contributed by atoms with E-state index < -0.39 is 0 Å². The van der Waals surface area contributed by atoms with Crippen LogP contribution in [-0.2, 0) is 18.6 Å². The molecule has 2 heteroatoms. The largest absolute Gasteiger partial charge is 0.253 e. The van der Waals surface area contributed by atoms with Crippen molar-refractivity contribution < 1.29 is 0 Å². The molecule has 1 nitrogen and oxygen atoms in total. The van der Waals surface area contributed by atoms with Crippen LogP contribution < -0.4 is 0 Å². The van der Waals surface area contributed by atoms with Gasteiger partial charge >= 0.3 is 0 Å². The van der Waals surface area contributed by atoms with Gasteiger partial charge in [0.1, 0.15) is 0 Å². The van der Waals surface area contributed by atoms with E-state index >= 15 is 0 Å². The molecule has 0 amide bonds. The third kappa shape index (κ3) is 1.36. The van der Waals surface area contributed by atoms with Crippen LogP contribution in [0, 0.1) is 0 Å². The van der Waals surface area contributed by atoms with Crippen LogP contribution in [0.15, 0.2) is 24.3 Å². The highest BCUT2D eigenvalue weighted by Crippen LogP contribution is 2.30. The van der Waals surface area contributed by atoms with Crippen LogP contribution >= 0.6 is 12.6 Å². The molecule has 0 saturated heterocycles. The van der Waals surface area contributed by atoms with Crippen LogP contribution in [0.4, 0.5) is 0 Å². The Bertz CT molecular complexity index is 519. The van der Waals surface area contributed by atoms with Crippen LogP contribution in [0.5, 0.6) is 0 Å². The highest BCUT2D eigenvalue weighted by molar-refractivity contribution is 7.79. The minimum Gasteiger partial charge on any atom is -0.253 e. The third-order valence-corrected chi connectivity index (χ3v) is 3.51. The van der Waals surface area contributed by atoms with Gasteiger partial charge in [-0.2, -0.15) is 12.6 Å². The van der Waals surface area contributed by atoms with Crippen LogP contribution in [0.3, 0.4) is 0 Å². The predicted molar refractivity (Wildman–Crippen MR) is 66.5 cm³/mol. The monoisotopic (exact) mass is 215 g/mol. The normalized spacial score (nSPS) is 14.5. The van der Waals surface area contributed by atoms with Gasteiger partial charge in [0, 0.05) is 16.8 Å². The summed E-state index contributed by atoms with van der Waals surface area (Å²) in [6.45, 7) is 0. The van der Waals surface area contributed by atoms with Crippen molar-refractivity contribution in [3.05, 3.63) is 41.1 Å². The maximum absolute atomic E-state index is 4.73. The van der Waals surface area contributed by atoms with Crippen LogP contribution in [-0.4, -0.2) is 4.98 Å². The summed E-state index contributed by atoms with van der Waals surface area (Å²) in [5, 5.41) is 1.29. The van der Waals surface area contributed by atoms with Crippen molar-refractivity contribution in [2.45, 2.75) is 25.0 Å². The number of rotatable bonds is 1. The Morgan fingerprint density at radius 2 is 2.07 bits per heavy atom. The molecule has 15 heavy (non-hydrogen) atoms. The summed E-state index contributed by atoms with van der Waals surface area (Å²) in [6, 6.07) is 8.39. The molecule has 76 valence electrons. The number of benzene rings is 1. The lowest BCUT2D eigenvalue weighted by molar-refractivity contribution is 0.900. The average molecular weight is 215 g/mol. The lowest BCUT2D eigenvalue weighted by Gasteiger charge is -2.09. The zero-order chi connectivity index (χ0) is 10.3. The molecule has 0 spiro atoms. The van der Waals surface area contributed by atoms with E-state index in [4.69, 9.17) is 4.98 Å². The number of fused-ring (bicyclic) bond motifs is 2. The second-order valence-corrected chi connectivity index (χ2v) is 4.36. The first-order valence-corrected chi connectivity index (χ1v) is 6.03. The molecule has 0 bridgehead atoms. The Morgan fingerprint density at radius 3 is 2.93 bits per heavy atom. The fourth-order valence-corrected chi connectivity index (χ4v) is 2.85. The molecule has 1 aliphatic carbocycles. The molecular weight excluding hydrogens is 202 g/mol. The Kier molecular flexibility index (Phi) is 2.17. The summed E-state index contributed by atoms with van der Waals surface area (Å²) in [5.41, 5.74) is 5.29. The number of pyridine rings is 1. The first-order valence-electron chi connectivity index (χ1n) is 5.40. The van der Waals surface area contributed by atoms with Gasteiger partial charge in [0.25, 0.3) is 0 Å². The number of nitrogens with zero attached hydrogens (tertiary/aromatic N) is 1. The fourth-order valence-electron chi connectivity index (χ4n) is 2.49. The quantitative estimate of drug-likeness (QED) is 0.721. The van der Waals surface area contributed by atoms with E-state index in [2.05, 4.69) is 36.9 Å². The summed E-state index contributed by atoms with van der Waals surface area (Å²) in [6.07, 6.45) is 3.57. The lowest BCUT2D eigenvalue weighted by atomic mass is 10.0. The molecular formula is C13H13NS. The zero-order valence-corrected chi connectivity index (χ0v) is 9.43. The topological polar surface area (TPSA) is 12.9 Å². The molecule has 0 atom stereocenters. The van der Waals surface area contributed by atoms with E-state index in [-0.39, 0.29) is 0 Å². The summed E-state index contributed by atoms with van der Waals surface area (Å²) in [7, 11) is 0. The van der Waals surface area contributed by atoms with Crippen molar-refractivity contribution in [1.29, 1.82) is 0 Å². The lowest BCUT2D eigenvalue weighted by Crippen LogP contribution is -1.96. The number of para-hydroxylation sites is 1. The van der Waals surface area contributed by atoms with Gasteiger partial charge in [0.15, 0.2) is 0 Å². The zero-order valence-electron chi connectivity index (χ0n) is 8.53. The van der Waals surface area contributed by atoms with E-state index in [1.807, 2.05) is 0 Å². The number of thiol groups is 1. The molecule has 0 fully saturated rings.